The van der Waals surface area contributed by atoms with Crippen LogP contribution < -0.4 is 0 Å². The average Bonchev–Trinajstić information content (AvgIpc) is 3.06. The number of benzene rings is 2. The summed E-state index contributed by atoms with van der Waals surface area (Å²) in [5.74, 6) is -0.514. The topological polar surface area (TPSA) is 35.5 Å². The molecular formula is C19H20O3. The molecule has 0 aliphatic carbocycles. The molecule has 0 atom stereocenters. The first kappa shape index (κ1) is 14.9. The van der Waals surface area contributed by atoms with Crippen LogP contribution in [0.1, 0.15) is 35.2 Å². The van der Waals surface area contributed by atoms with E-state index in [2.05, 4.69) is 0 Å². The summed E-state index contributed by atoms with van der Waals surface area (Å²) in [6.45, 7) is 1.20. The lowest BCUT2D eigenvalue weighted by molar-refractivity contribution is -0.171. The number of rotatable bonds is 6. The van der Waals surface area contributed by atoms with Gasteiger partial charge in [0, 0.05) is 24.0 Å². The Balaban J connectivity index is 1.63. The van der Waals surface area contributed by atoms with Gasteiger partial charge in [0.2, 0.25) is 0 Å². The summed E-state index contributed by atoms with van der Waals surface area (Å²) in [5, 5.41) is 0. The van der Waals surface area contributed by atoms with Crippen molar-refractivity contribution in [2.75, 3.05) is 13.2 Å². The molecule has 1 aliphatic heterocycles. The fourth-order valence-electron chi connectivity index (χ4n) is 2.85. The van der Waals surface area contributed by atoms with E-state index < -0.39 is 5.79 Å². The fourth-order valence-corrected chi connectivity index (χ4v) is 2.85. The molecule has 22 heavy (non-hydrogen) atoms. The van der Waals surface area contributed by atoms with Gasteiger partial charge in [-0.2, -0.15) is 0 Å². The molecule has 1 fully saturated rings. The molecule has 3 heteroatoms. The van der Waals surface area contributed by atoms with Crippen LogP contribution in [0, 0.1) is 0 Å². The van der Waals surface area contributed by atoms with Crippen molar-refractivity contribution < 1.29 is 14.3 Å². The van der Waals surface area contributed by atoms with E-state index in [0.29, 0.717) is 26.1 Å². The van der Waals surface area contributed by atoms with E-state index >= 15 is 0 Å². The second-order valence-electron chi connectivity index (χ2n) is 5.46. The maximum Gasteiger partial charge on any atom is 0.194 e. The lowest BCUT2D eigenvalue weighted by Crippen LogP contribution is -2.27. The Labute approximate surface area is 130 Å². The van der Waals surface area contributed by atoms with E-state index in [0.717, 1.165) is 17.5 Å². The first-order chi connectivity index (χ1) is 10.8. The van der Waals surface area contributed by atoms with Crippen LogP contribution >= 0.6 is 0 Å². The van der Waals surface area contributed by atoms with E-state index in [1.165, 1.54) is 0 Å². The van der Waals surface area contributed by atoms with Crippen LogP contribution in [0.25, 0.3) is 0 Å². The number of hydrogen-bond acceptors (Lipinski definition) is 3. The summed E-state index contributed by atoms with van der Waals surface area (Å²) in [6, 6.07) is 19.4. The van der Waals surface area contributed by atoms with Gasteiger partial charge < -0.3 is 9.47 Å². The summed E-state index contributed by atoms with van der Waals surface area (Å²) in [7, 11) is 0. The van der Waals surface area contributed by atoms with Crippen LogP contribution in [0.2, 0.25) is 0 Å². The third kappa shape index (κ3) is 3.26. The molecule has 0 bridgehead atoms. The maximum absolute atomic E-state index is 12.2. The highest BCUT2D eigenvalue weighted by Gasteiger charge is 2.37. The fraction of sp³-hybridized carbons (Fsp3) is 0.316. The minimum Gasteiger partial charge on any atom is -0.343 e. The molecule has 0 N–H and O–H groups in total. The zero-order valence-electron chi connectivity index (χ0n) is 12.5. The van der Waals surface area contributed by atoms with E-state index in [9.17, 15) is 4.79 Å². The van der Waals surface area contributed by atoms with Crippen molar-refractivity contribution >= 4 is 5.78 Å². The van der Waals surface area contributed by atoms with Gasteiger partial charge in [0.05, 0.1) is 13.2 Å². The van der Waals surface area contributed by atoms with Gasteiger partial charge in [-0.05, 0) is 6.42 Å². The lowest BCUT2D eigenvalue weighted by Gasteiger charge is -2.27. The quantitative estimate of drug-likeness (QED) is 0.757. The molecule has 0 unspecified atom stereocenters. The number of carbonyl (C=O) groups is 1. The summed E-state index contributed by atoms with van der Waals surface area (Å²) in [5.41, 5.74) is 1.80. The van der Waals surface area contributed by atoms with Crippen molar-refractivity contribution in [3.8, 4) is 0 Å². The highest BCUT2D eigenvalue weighted by atomic mass is 16.7. The number of Topliss-reactive ketones (excluding diaryl/α,β-unsaturated/α-hetero) is 1. The van der Waals surface area contributed by atoms with Crippen molar-refractivity contribution in [1.29, 1.82) is 0 Å². The van der Waals surface area contributed by atoms with Gasteiger partial charge in [-0.1, -0.05) is 60.7 Å². The molecule has 2 aromatic carbocycles. The Hall–Kier alpha value is -1.97. The first-order valence-corrected chi connectivity index (χ1v) is 7.72. The first-order valence-electron chi connectivity index (χ1n) is 7.72. The molecule has 114 valence electrons. The monoisotopic (exact) mass is 296 g/mol. The van der Waals surface area contributed by atoms with Gasteiger partial charge in [-0.25, -0.2) is 0 Å². The average molecular weight is 296 g/mol. The normalized spacial score (nSPS) is 16.5. The number of ketones is 1. The second-order valence-corrected chi connectivity index (χ2v) is 5.46. The summed E-state index contributed by atoms with van der Waals surface area (Å²) in [6.07, 6.45) is 1.93. The van der Waals surface area contributed by atoms with Crippen LogP contribution in [-0.4, -0.2) is 19.0 Å². The van der Waals surface area contributed by atoms with Gasteiger partial charge in [0.1, 0.15) is 0 Å². The van der Waals surface area contributed by atoms with E-state index in [4.69, 9.17) is 9.47 Å². The highest BCUT2D eigenvalue weighted by molar-refractivity contribution is 5.95. The number of hydrogen-bond donors (Lipinski definition) is 0. The molecule has 3 nitrogen and oxygen atoms in total. The zero-order chi connectivity index (χ0) is 15.3. The third-order valence-electron chi connectivity index (χ3n) is 3.97. The summed E-state index contributed by atoms with van der Waals surface area (Å²) in [4.78, 5) is 12.2. The van der Waals surface area contributed by atoms with Gasteiger partial charge in [0.25, 0.3) is 0 Å². The highest BCUT2D eigenvalue weighted by Crippen LogP contribution is 2.36. The smallest absolute Gasteiger partial charge is 0.194 e. The predicted octanol–water partition coefficient (Wildman–Crippen LogP) is 3.94. The van der Waals surface area contributed by atoms with Crippen molar-refractivity contribution in [2.45, 2.75) is 25.0 Å². The third-order valence-corrected chi connectivity index (χ3v) is 3.97. The standard InChI is InChI=1S/C19H20O3/c20-18(16-8-3-1-4-9-16)12-7-13-19(21-14-15-22-19)17-10-5-2-6-11-17/h1-6,8-11H,7,12-15H2. The Morgan fingerprint density at radius 1 is 0.909 bits per heavy atom. The Kier molecular flexibility index (Phi) is 4.66. The molecule has 3 rings (SSSR count). The molecule has 0 amide bonds. The molecule has 0 aromatic heterocycles. The van der Waals surface area contributed by atoms with Gasteiger partial charge in [-0.3, -0.25) is 4.79 Å². The molecule has 0 spiro atoms. The number of ether oxygens (including phenoxy) is 2. The van der Waals surface area contributed by atoms with Crippen LogP contribution in [0.3, 0.4) is 0 Å². The molecule has 1 aliphatic rings. The Morgan fingerprint density at radius 3 is 2.14 bits per heavy atom. The summed E-state index contributed by atoms with van der Waals surface area (Å²) < 4.78 is 11.8. The van der Waals surface area contributed by atoms with Crippen LogP contribution in [-0.2, 0) is 15.3 Å². The van der Waals surface area contributed by atoms with E-state index in [1.807, 2.05) is 60.7 Å². The second kappa shape index (κ2) is 6.86. The van der Waals surface area contributed by atoms with Crippen molar-refractivity contribution in [3.05, 3.63) is 71.8 Å². The molecule has 0 radical (unpaired) electrons. The molecule has 1 saturated heterocycles. The molecule has 1 heterocycles. The molecule has 2 aromatic rings. The molecule has 0 saturated carbocycles. The Morgan fingerprint density at radius 2 is 1.50 bits per heavy atom. The lowest BCUT2D eigenvalue weighted by atomic mass is 9.97. The zero-order valence-corrected chi connectivity index (χ0v) is 12.5. The minimum atomic E-state index is -0.682. The van der Waals surface area contributed by atoms with Crippen molar-refractivity contribution in [2.24, 2.45) is 0 Å². The van der Waals surface area contributed by atoms with E-state index in [1.54, 1.807) is 0 Å². The van der Waals surface area contributed by atoms with Crippen LogP contribution in [0.5, 0.6) is 0 Å². The maximum atomic E-state index is 12.2. The number of carbonyl (C=O) groups excluding carboxylic acids is 1. The SMILES string of the molecule is O=C(CCCC1(c2ccccc2)OCCO1)c1ccccc1. The van der Waals surface area contributed by atoms with Gasteiger partial charge in [0.15, 0.2) is 11.6 Å². The summed E-state index contributed by atoms with van der Waals surface area (Å²) >= 11 is 0. The predicted molar refractivity (Wildman–Crippen MR) is 84.6 cm³/mol. The van der Waals surface area contributed by atoms with Crippen LogP contribution in [0.15, 0.2) is 60.7 Å². The molecular weight excluding hydrogens is 276 g/mol. The van der Waals surface area contributed by atoms with Crippen molar-refractivity contribution in [3.63, 3.8) is 0 Å². The Bertz CT molecular complexity index is 601. The largest absolute Gasteiger partial charge is 0.343 e. The van der Waals surface area contributed by atoms with E-state index in [-0.39, 0.29) is 5.78 Å². The van der Waals surface area contributed by atoms with Gasteiger partial charge >= 0.3 is 0 Å². The van der Waals surface area contributed by atoms with Crippen molar-refractivity contribution in [1.82, 2.24) is 0 Å². The minimum absolute atomic E-state index is 0.168. The van der Waals surface area contributed by atoms with Crippen LogP contribution in [0.4, 0.5) is 0 Å². The van der Waals surface area contributed by atoms with Gasteiger partial charge in [-0.15, -0.1) is 0 Å².